The topological polar surface area (TPSA) is 38.1 Å². The van der Waals surface area contributed by atoms with E-state index in [1.54, 1.807) is 4.57 Å². The van der Waals surface area contributed by atoms with Crippen LogP contribution < -0.4 is 10.5 Å². The molecular weight excluding hydrogens is 346 g/mol. The second-order valence-corrected chi connectivity index (χ2v) is 8.19. The van der Waals surface area contributed by atoms with Gasteiger partial charge in [-0.25, -0.2) is 4.98 Å². The Bertz CT molecular complexity index is 880. The summed E-state index contributed by atoms with van der Waals surface area (Å²) < 4.78 is 1.63. The number of aromatic nitrogens is 2. The van der Waals surface area contributed by atoms with E-state index >= 15 is 0 Å². The standard InChI is InChI=1S/C21H28ClN3O/c1-6-21(5)10-12-24(13-11-21)19-15(3)20(26)25(16(4)23-19)17-9-7-8-14(2)18(17)22/h7-9H,6,10-13H2,1-5H3. The minimum absolute atomic E-state index is 0.0381. The van der Waals surface area contributed by atoms with Crippen molar-refractivity contribution in [1.82, 2.24) is 9.55 Å². The second-order valence-electron chi connectivity index (χ2n) is 7.81. The van der Waals surface area contributed by atoms with Gasteiger partial charge in [-0.2, -0.15) is 0 Å². The van der Waals surface area contributed by atoms with E-state index in [-0.39, 0.29) is 5.56 Å². The van der Waals surface area contributed by atoms with Crippen molar-refractivity contribution in [3.63, 3.8) is 0 Å². The average molecular weight is 374 g/mol. The predicted molar refractivity (Wildman–Crippen MR) is 109 cm³/mol. The van der Waals surface area contributed by atoms with Gasteiger partial charge in [-0.1, -0.05) is 44.0 Å². The molecule has 0 amide bonds. The van der Waals surface area contributed by atoms with Gasteiger partial charge in [0, 0.05) is 13.1 Å². The third kappa shape index (κ3) is 3.27. The Morgan fingerprint density at radius 3 is 2.46 bits per heavy atom. The molecule has 2 aromatic rings. The average Bonchev–Trinajstić information content (AvgIpc) is 2.62. The van der Waals surface area contributed by atoms with Gasteiger partial charge in [-0.05, 0) is 50.7 Å². The van der Waals surface area contributed by atoms with Crippen molar-refractivity contribution >= 4 is 17.4 Å². The molecule has 3 rings (SSSR count). The molecule has 0 spiro atoms. The number of nitrogens with zero attached hydrogens (tertiary/aromatic N) is 3. The summed E-state index contributed by atoms with van der Waals surface area (Å²) in [6.45, 7) is 12.2. The third-order valence-electron chi connectivity index (χ3n) is 5.99. The number of piperidine rings is 1. The highest BCUT2D eigenvalue weighted by Gasteiger charge is 2.30. The lowest BCUT2D eigenvalue weighted by atomic mass is 9.78. The van der Waals surface area contributed by atoms with Crippen LogP contribution in [-0.4, -0.2) is 22.6 Å². The molecule has 26 heavy (non-hydrogen) atoms. The molecule has 4 nitrogen and oxygen atoms in total. The van der Waals surface area contributed by atoms with Crippen molar-refractivity contribution in [2.24, 2.45) is 5.41 Å². The van der Waals surface area contributed by atoms with Gasteiger partial charge in [0.15, 0.2) is 0 Å². The quantitative estimate of drug-likeness (QED) is 0.773. The van der Waals surface area contributed by atoms with Gasteiger partial charge < -0.3 is 4.90 Å². The molecule has 0 saturated carbocycles. The zero-order chi connectivity index (χ0) is 19.1. The first-order valence-electron chi connectivity index (χ1n) is 9.38. The summed E-state index contributed by atoms with van der Waals surface area (Å²) in [5.41, 5.74) is 2.71. The predicted octanol–water partition coefficient (Wildman–Crippen LogP) is 4.83. The Balaban J connectivity index is 2.02. The zero-order valence-electron chi connectivity index (χ0n) is 16.4. The van der Waals surface area contributed by atoms with Gasteiger partial charge >= 0.3 is 0 Å². The molecular formula is C21H28ClN3O. The van der Waals surface area contributed by atoms with Crippen molar-refractivity contribution in [2.45, 2.75) is 53.9 Å². The molecule has 0 radical (unpaired) electrons. The van der Waals surface area contributed by atoms with Gasteiger partial charge in [-0.15, -0.1) is 0 Å². The van der Waals surface area contributed by atoms with Crippen LogP contribution in [0.5, 0.6) is 0 Å². The summed E-state index contributed by atoms with van der Waals surface area (Å²) in [6, 6.07) is 5.74. The summed E-state index contributed by atoms with van der Waals surface area (Å²) in [7, 11) is 0. The Labute approximate surface area is 160 Å². The molecule has 1 saturated heterocycles. The van der Waals surface area contributed by atoms with E-state index in [4.69, 9.17) is 16.6 Å². The smallest absolute Gasteiger partial charge is 0.263 e. The Morgan fingerprint density at radius 1 is 1.19 bits per heavy atom. The first-order chi connectivity index (χ1) is 12.3. The molecule has 5 heteroatoms. The van der Waals surface area contributed by atoms with Crippen LogP contribution in [0.1, 0.15) is 50.1 Å². The second kappa shape index (κ2) is 7.07. The van der Waals surface area contributed by atoms with Crippen molar-refractivity contribution in [2.75, 3.05) is 18.0 Å². The summed E-state index contributed by atoms with van der Waals surface area (Å²) in [5, 5.41) is 0.600. The summed E-state index contributed by atoms with van der Waals surface area (Å²) in [6.07, 6.45) is 3.46. The highest BCUT2D eigenvalue weighted by atomic mass is 35.5. The van der Waals surface area contributed by atoms with Gasteiger partial charge in [0.05, 0.1) is 16.3 Å². The normalized spacial score (nSPS) is 16.8. The molecule has 0 aliphatic carbocycles. The first-order valence-corrected chi connectivity index (χ1v) is 9.76. The monoisotopic (exact) mass is 373 g/mol. The number of halogens is 1. The summed E-state index contributed by atoms with van der Waals surface area (Å²) in [4.78, 5) is 20.2. The molecule has 1 aliphatic rings. The maximum absolute atomic E-state index is 13.1. The fraction of sp³-hybridized carbons (Fsp3) is 0.524. The van der Waals surface area contributed by atoms with E-state index < -0.39 is 0 Å². The van der Waals surface area contributed by atoms with Crippen molar-refractivity contribution < 1.29 is 0 Å². The molecule has 1 aromatic carbocycles. The zero-order valence-corrected chi connectivity index (χ0v) is 17.2. The SMILES string of the molecule is CCC1(C)CCN(c2nc(C)n(-c3cccc(C)c3Cl)c(=O)c2C)CC1. The van der Waals surface area contributed by atoms with E-state index in [0.29, 0.717) is 27.5 Å². The molecule has 1 aromatic heterocycles. The summed E-state index contributed by atoms with van der Waals surface area (Å²) in [5.74, 6) is 1.50. The Morgan fingerprint density at radius 2 is 1.85 bits per heavy atom. The van der Waals surface area contributed by atoms with Crippen LogP contribution in [-0.2, 0) is 0 Å². The minimum atomic E-state index is -0.0381. The van der Waals surface area contributed by atoms with Crippen LogP contribution in [0, 0.1) is 26.2 Å². The van der Waals surface area contributed by atoms with E-state index in [0.717, 1.165) is 37.3 Å². The number of rotatable bonds is 3. The fourth-order valence-corrected chi connectivity index (χ4v) is 3.92. The van der Waals surface area contributed by atoms with Crippen LogP contribution >= 0.6 is 11.6 Å². The molecule has 1 aliphatic heterocycles. The van der Waals surface area contributed by atoms with E-state index in [2.05, 4.69) is 18.7 Å². The fourth-order valence-electron chi connectivity index (χ4n) is 3.71. The molecule has 0 N–H and O–H groups in total. The highest BCUT2D eigenvalue weighted by molar-refractivity contribution is 6.33. The van der Waals surface area contributed by atoms with Crippen LogP contribution in [0.15, 0.2) is 23.0 Å². The number of aryl methyl sites for hydroxylation is 2. The van der Waals surface area contributed by atoms with Gasteiger partial charge in [0.25, 0.3) is 5.56 Å². The van der Waals surface area contributed by atoms with Crippen LogP contribution in [0.4, 0.5) is 5.82 Å². The Hall–Kier alpha value is -1.81. The van der Waals surface area contributed by atoms with E-state index in [9.17, 15) is 4.79 Å². The lowest BCUT2D eigenvalue weighted by molar-refractivity contribution is 0.237. The lowest BCUT2D eigenvalue weighted by Gasteiger charge is -2.40. The van der Waals surface area contributed by atoms with Gasteiger partial charge in [-0.3, -0.25) is 9.36 Å². The van der Waals surface area contributed by atoms with E-state index in [1.165, 1.54) is 6.42 Å². The maximum Gasteiger partial charge on any atom is 0.263 e. The number of hydrogen-bond acceptors (Lipinski definition) is 3. The minimum Gasteiger partial charge on any atom is -0.356 e. The lowest BCUT2D eigenvalue weighted by Crippen LogP contribution is -2.40. The maximum atomic E-state index is 13.1. The van der Waals surface area contributed by atoms with E-state index in [1.807, 2.05) is 39.0 Å². The number of hydrogen-bond donors (Lipinski definition) is 0. The van der Waals surface area contributed by atoms with Gasteiger partial charge in [0.2, 0.25) is 0 Å². The molecule has 140 valence electrons. The van der Waals surface area contributed by atoms with Crippen LogP contribution in [0.2, 0.25) is 5.02 Å². The first kappa shape index (κ1) is 19.0. The van der Waals surface area contributed by atoms with Crippen molar-refractivity contribution in [3.05, 3.63) is 50.5 Å². The van der Waals surface area contributed by atoms with Crippen molar-refractivity contribution in [3.8, 4) is 5.69 Å². The van der Waals surface area contributed by atoms with Crippen LogP contribution in [0.3, 0.4) is 0 Å². The molecule has 1 fully saturated rings. The molecule has 0 atom stereocenters. The third-order valence-corrected chi connectivity index (χ3v) is 6.48. The molecule has 2 heterocycles. The number of anilines is 1. The summed E-state index contributed by atoms with van der Waals surface area (Å²) >= 11 is 6.46. The Kier molecular flexibility index (Phi) is 5.16. The van der Waals surface area contributed by atoms with Crippen molar-refractivity contribution in [1.29, 1.82) is 0 Å². The molecule has 0 bridgehead atoms. The highest BCUT2D eigenvalue weighted by Crippen LogP contribution is 2.35. The van der Waals surface area contributed by atoms with Crippen LogP contribution in [0.25, 0.3) is 5.69 Å². The largest absolute Gasteiger partial charge is 0.356 e. The van der Waals surface area contributed by atoms with Gasteiger partial charge in [0.1, 0.15) is 11.6 Å². The number of benzene rings is 1. The molecule has 0 unspecified atom stereocenters.